The quantitative estimate of drug-likeness (QED) is 0.728. The van der Waals surface area contributed by atoms with Crippen molar-refractivity contribution < 1.29 is 22.3 Å². The maximum Gasteiger partial charge on any atom is 0.244 e. The molecule has 1 N–H and O–H groups in total. The minimum atomic E-state index is -3.76. The average molecular weight is 408 g/mol. The largest absolute Gasteiger partial charge is 0.497 e. The number of hydrogen-bond donors (Lipinski definition) is 1. The highest BCUT2D eigenvalue weighted by Crippen LogP contribution is 2.23. The van der Waals surface area contributed by atoms with Crippen molar-refractivity contribution >= 4 is 21.6 Å². The molecule has 0 aliphatic heterocycles. The third-order valence-electron chi connectivity index (χ3n) is 4.41. The summed E-state index contributed by atoms with van der Waals surface area (Å²) in [5, 5.41) is 2.89. The molecule has 0 fully saturated rings. The van der Waals surface area contributed by atoms with Crippen molar-refractivity contribution in [2.24, 2.45) is 0 Å². The number of hydrogen-bond acceptors (Lipinski definition) is 4. The van der Waals surface area contributed by atoms with Gasteiger partial charge in [-0.05, 0) is 55.3 Å². The molecule has 0 unspecified atom stereocenters. The second-order valence-electron chi connectivity index (χ2n) is 6.45. The average Bonchev–Trinajstić information content (AvgIpc) is 2.66. The predicted octanol–water partition coefficient (Wildman–Crippen LogP) is 3.26. The topological polar surface area (TPSA) is 75.7 Å². The van der Waals surface area contributed by atoms with Gasteiger partial charge >= 0.3 is 0 Å². The standard InChI is InChI=1S/C20H25FN2O4S/c1-5-19(15-6-12-18(27-3)13-7-15)22-20(24)14(2)23(28(4,25)26)17-10-8-16(21)9-11-17/h6-14,19H,5H2,1-4H3,(H,22,24)/t14-,19+/m1/s1. The van der Waals surface area contributed by atoms with Gasteiger partial charge in [0.1, 0.15) is 17.6 Å². The Morgan fingerprint density at radius 3 is 2.18 bits per heavy atom. The summed E-state index contributed by atoms with van der Waals surface area (Å²) in [6.45, 7) is 3.43. The third-order valence-corrected chi connectivity index (χ3v) is 5.65. The molecule has 2 aromatic rings. The van der Waals surface area contributed by atoms with Crippen molar-refractivity contribution in [3.05, 3.63) is 59.9 Å². The molecule has 2 rings (SSSR count). The van der Waals surface area contributed by atoms with Gasteiger partial charge in [0.2, 0.25) is 15.9 Å². The molecule has 0 aromatic heterocycles. The van der Waals surface area contributed by atoms with Gasteiger partial charge in [-0.15, -0.1) is 0 Å². The van der Waals surface area contributed by atoms with E-state index in [0.717, 1.165) is 28.3 Å². The van der Waals surface area contributed by atoms with Crippen LogP contribution in [0.15, 0.2) is 48.5 Å². The number of halogens is 1. The zero-order valence-electron chi connectivity index (χ0n) is 16.3. The minimum Gasteiger partial charge on any atom is -0.497 e. The lowest BCUT2D eigenvalue weighted by molar-refractivity contribution is -0.122. The van der Waals surface area contributed by atoms with E-state index >= 15 is 0 Å². The van der Waals surface area contributed by atoms with Gasteiger partial charge in [-0.2, -0.15) is 0 Å². The zero-order valence-corrected chi connectivity index (χ0v) is 17.2. The van der Waals surface area contributed by atoms with Crippen molar-refractivity contribution in [1.29, 1.82) is 0 Å². The van der Waals surface area contributed by atoms with E-state index in [1.807, 2.05) is 19.1 Å². The molecule has 0 heterocycles. The summed E-state index contributed by atoms with van der Waals surface area (Å²) < 4.78 is 43.9. The number of benzene rings is 2. The van der Waals surface area contributed by atoms with Crippen molar-refractivity contribution in [1.82, 2.24) is 5.32 Å². The third kappa shape index (κ3) is 5.22. The summed E-state index contributed by atoms with van der Waals surface area (Å²) in [4.78, 5) is 12.8. The molecule has 28 heavy (non-hydrogen) atoms. The first-order chi connectivity index (χ1) is 13.2. The SMILES string of the molecule is CC[C@H](NC(=O)[C@@H](C)N(c1ccc(F)cc1)S(C)(=O)=O)c1ccc(OC)cc1. The van der Waals surface area contributed by atoms with E-state index < -0.39 is 27.8 Å². The van der Waals surface area contributed by atoms with Gasteiger partial charge in [-0.1, -0.05) is 19.1 Å². The van der Waals surface area contributed by atoms with Crippen LogP contribution in [0.2, 0.25) is 0 Å². The molecule has 0 radical (unpaired) electrons. The Hall–Kier alpha value is -2.61. The molecule has 0 spiro atoms. The fourth-order valence-corrected chi connectivity index (χ4v) is 4.12. The maximum absolute atomic E-state index is 13.2. The zero-order chi connectivity index (χ0) is 20.9. The number of nitrogens with zero attached hydrogens (tertiary/aromatic N) is 1. The molecule has 0 aliphatic carbocycles. The normalized spacial score (nSPS) is 13.5. The molecule has 6 nitrogen and oxygen atoms in total. The highest BCUT2D eigenvalue weighted by Gasteiger charge is 2.30. The van der Waals surface area contributed by atoms with E-state index in [9.17, 15) is 17.6 Å². The summed E-state index contributed by atoms with van der Waals surface area (Å²) in [5.41, 5.74) is 1.11. The van der Waals surface area contributed by atoms with E-state index in [-0.39, 0.29) is 11.7 Å². The Kier molecular flexibility index (Phi) is 7.01. The number of sulfonamides is 1. The van der Waals surface area contributed by atoms with Crippen LogP contribution in [-0.4, -0.2) is 33.7 Å². The second kappa shape index (κ2) is 9.05. The van der Waals surface area contributed by atoms with Gasteiger partial charge in [0.05, 0.1) is 25.1 Å². The minimum absolute atomic E-state index is 0.226. The number of rotatable bonds is 8. The summed E-state index contributed by atoms with van der Waals surface area (Å²) in [7, 11) is -2.18. The lowest BCUT2D eigenvalue weighted by Gasteiger charge is -2.29. The highest BCUT2D eigenvalue weighted by atomic mass is 32.2. The van der Waals surface area contributed by atoms with Gasteiger partial charge in [-0.3, -0.25) is 9.10 Å². The van der Waals surface area contributed by atoms with E-state index in [1.54, 1.807) is 19.2 Å². The number of methoxy groups -OCH3 is 1. The fraction of sp³-hybridized carbons (Fsp3) is 0.350. The van der Waals surface area contributed by atoms with Crippen LogP contribution in [-0.2, 0) is 14.8 Å². The Labute approximate surface area is 165 Å². The number of ether oxygens (including phenoxy) is 1. The second-order valence-corrected chi connectivity index (χ2v) is 8.31. The van der Waals surface area contributed by atoms with Gasteiger partial charge in [-0.25, -0.2) is 12.8 Å². The Balaban J connectivity index is 2.24. The van der Waals surface area contributed by atoms with Crippen LogP contribution in [0, 0.1) is 5.82 Å². The molecule has 1 amide bonds. The number of carbonyl (C=O) groups is 1. The first-order valence-electron chi connectivity index (χ1n) is 8.86. The predicted molar refractivity (Wildman–Crippen MR) is 107 cm³/mol. The van der Waals surface area contributed by atoms with Crippen LogP contribution in [0.1, 0.15) is 31.9 Å². The van der Waals surface area contributed by atoms with Crippen molar-refractivity contribution in [2.75, 3.05) is 17.7 Å². The first kappa shape index (κ1) is 21.7. The maximum atomic E-state index is 13.2. The molecular formula is C20H25FN2O4S. The molecule has 0 saturated carbocycles. The number of amides is 1. The van der Waals surface area contributed by atoms with Crippen molar-refractivity contribution in [3.8, 4) is 5.75 Å². The number of carbonyl (C=O) groups excluding carboxylic acids is 1. The Morgan fingerprint density at radius 2 is 1.71 bits per heavy atom. The molecular weight excluding hydrogens is 383 g/mol. The van der Waals surface area contributed by atoms with E-state index in [2.05, 4.69) is 5.32 Å². The molecule has 0 bridgehead atoms. The van der Waals surface area contributed by atoms with Gasteiger partial charge in [0.15, 0.2) is 0 Å². The molecule has 8 heteroatoms. The van der Waals surface area contributed by atoms with Crippen LogP contribution in [0.4, 0.5) is 10.1 Å². The first-order valence-corrected chi connectivity index (χ1v) is 10.7. The summed E-state index contributed by atoms with van der Waals surface area (Å²) in [5.74, 6) is -0.227. The van der Waals surface area contributed by atoms with Crippen molar-refractivity contribution in [3.63, 3.8) is 0 Å². The smallest absolute Gasteiger partial charge is 0.244 e. The van der Waals surface area contributed by atoms with Crippen LogP contribution >= 0.6 is 0 Å². The summed E-state index contributed by atoms with van der Waals surface area (Å²) >= 11 is 0. The Bertz CT molecular complexity index is 899. The fourth-order valence-electron chi connectivity index (χ4n) is 2.95. The lowest BCUT2D eigenvalue weighted by Crippen LogP contribution is -2.48. The lowest BCUT2D eigenvalue weighted by atomic mass is 10.0. The summed E-state index contributed by atoms with van der Waals surface area (Å²) in [6, 6.07) is 11.0. The van der Waals surface area contributed by atoms with E-state index in [0.29, 0.717) is 12.2 Å². The van der Waals surface area contributed by atoms with Crippen LogP contribution < -0.4 is 14.4 Å². The van der Waals surface area contributed by atoms with Gasteiger partial charge < -0.3 is 10.1 Å². The van der Waals surface area contributed by atoms with Crippen LogP contribution in [0.5, 0.6) is 5.75 Å². The Morgan fingerprint density at radius 1 is 1.14 bits per heavy atom. The van der Waals surface area contributed by atoms with E-state index in [4.69, 9.17) is 4.74 Å². The van der Waals surface area contributed by atoms with E-state index in [1.165, 1.54) is 19.1 Å². The summed E-state index contributed by atoms with van der Waals surface area (Å²) in [6.07, 6.45) is 1.64. The molecule has 152 valence electrons. The number of anilines is 1. The monoisotopic (exact) mass is 408 g/mol. The van der Waals surface area contributed by atoms with Crippen LogP contribution in [0.25, 0.3) is 0 Å². The molecule has 0 aliphatic rings. The highest BCUT2D eigenvalue weighted by molar-refractivity contribution is 7.92. The van der Waals surface area contributed by atoms with Gasteiger partial charge in [0, 0.05) is 0 Å². The van der Waals surface area contributed by atoms with Gasteiger partial charge in [0.25, 0.3) is 0 Å². The molecule has 2 aromatic carbocycles. The molecule has 2 atom stereocenters. The van der Waals surface area contributed by atoms with Crippen LogP contribution in [0.3, 0.4) is 0 Å². The molecule has 0 saturated heterocycles. The van der Waals surface area contributed by atoms with Crippen molar-refractivity contribution in [2.45, 2.75) is 32.4 Å². The number of nitrogens with one attached hydrogen (secondary N) is 1.